The molecule has 0 bridgehead atoms. The average molecular weight is 862 g/mol. The fourth-order valence-corrected chi connectivity index (χ4v) is 6.54. The third-order valence-corrected chi connectivity index (χ3v) is 7.46. The number of unbranched alkanes of at least 4 members (excludes halogenated alkanes) is 1. The molecule has 0 radical (unpaired) electrons. The second-order valence-electron chi connectivity index (χ2n) is 6.46. The van der Waals surface area contributed by atoms with Crippen LogP contribution in [0.2, 0.25) is 0 Å². The van der Waals surface area contributed by atoms with Crippen LogP contribution < -0.4 is 15.8 Å². The summed E-state index contributed by atoms with van der Waals surface area (Å²) in [7, 11) is 1.40. The highest BCUT2D eigenvalue weighted by atomic mass is 127. The molecule has 0 fully saturated rings. The number of nitrogens with one attached hydrogen (secondary N) is 1. The molecule has 0 saturated carbocycles. The van der Waals surface area contributed by atoms with Crippen molar-refractivity contribution in [2.45, 2.75) is 25.3 Å². The molecule has 1 atom stereocenters. The average Bonchev–Trinajstić information content (AvgIpc) is 2.70. The minimum Gasteiger partial charge on any atom is -0.506 e. The summed E-state index contributed by atoms with van der Waals surface area (Å²) in [6, 6.07) is 7.23. The van der Waals surface area contributed by atoms with E-state index in [-0.39, 0.29) is 11.7 Å². The Morgan fingerprint density at radius 3 is 2.20 bits per heavy atom. The van der Waals surface area contributed by atoms with Gasteiger partial charge in [0.05, 0.1) is 21.4 Å². The fourth-order valence-electron chi connectivity index (χ4n) is 2.71. The summed E-state index contributed by atoms with van der Waals surface area (Å²) < 4.78 is 14.4. The number of hydrogen-bond donors (Lipinski definition) is 3. The van der Waals surface area contributed by atoms with E-state index in [2.05, 4.69) is 95.7 Å². The lowest BCUT2D eigenvalue weighted by atomic mass is 10.1. The van der Waals surface area contributed by atoms with Crippen molar-refractivity contribution in [3.63, 3.8) is 0 Å². The highest BCUT2D eigenvalue weighted by Gasteiger charge is 2.21. The normalized spacial score (nSPS) is 11.9. The van der Waals surface area contributed by atoms with Crippen molar-refractivity contribution in [3.05, 3.63) is 44.1 Å². The Bertz CT molecular complexity index is 849. The summed E-state index contributed by atoms with van der Waals surface area (Å²) in [5.41, 5.74) is 6.56. The Kier molecular flexibility index (Phi) is 11.7. The van der Waals surface area contributed by atoms with Gasteiger partial charge in [0.1, 0.15) is 17.5 Å². The number of methoxy groups -OCH3 is 1. The topological polar surface area (TPSA) is 93.8 Å². The SMILES string of the molecule is COC(=O)[C@H](Cc1cc(I)c(Oc2cc(I)c(O)c(I)c2)c(I)c1)NCCCCN. The largest absolute Gasteiger partial charge is 0.506 e. The van der Waals surface area contributed by atoms with Gasteiger partial charge in [-0.15, -0.1) is 0 Å². The standard InChI is InChI=1S/C20H22I4N2O4/c1-29-20(28)17(26-5-3-2-4-25)8-11-6-15(23)19(16(24)7-11)30-12-9-13(21)18(27)14(22)10-12/h6-7,9-10,17,26-27H,2-5,8,25H2,1H3/t17-/m0/s1. The number of nitrogens with two attached hydrogens (primary N) is 1. The van der Waals surface area contributed by atoms with Gasteiger partial charge in [0.2, 0.25) is 0 Å². The highest BCUT2D eigenvalue weighted by Crippen LogP contribution is 2.37. The molecule has 0 aliphatic carbocycles. The molecule has 0 spiro atoms. The number of aromatic hydroxyl groups is 1. The molecule has 2 aromatic rings. The van der Waals surface area contributed by atoms with Crippen molar-refractivity contribution in [1.29, 1.82) is 0 Å². The maximum absolute atomic E-state index is 12.2. The van der Waals surface area contributed by atoms with Gasteiger partial charge < -0.3 is 25.6 Å². The van der Waals surface area contributed by atoms with Gasteiger partial charge in [-0.2, -0.15) is 0 Å². The number of phenols is 1. The van der Waals surface area contributed by atoms with Crippen LogP contribution in [0.3, 0.4) is 0 Å². The lowest BCUT2D eigenvalue weighted by Gasteiger charge is -2.18. The number of esters is 1. The van der Waals surface area contributed by atoms with E-state index in [1.165, 1.54) is 7.11 Å². The van der Waals surface area contributed by atoms with Gasteiger partial charge >= 0.3 is 5.97 Å². The number of ether oxygens (including phenoxy) is 2. The maximum Gasteiger partial charge on any atom is 0.323 e. The van der Waals surface area contributed by atoms with E-state index in [1.54, 1.807) is 12.1 Å². The second-order valence-corrected chi connectivity index (χ2v) is 11.1. The molecular formula is C20H22I4N2O4. The van der Waals surface area contributed by atoms with E-state index in [0.29, 0.717) is 25.3 Å². The summed E-state index contributed by atoms with van der Waals surface area (Å²) in [5.74, 6) is 1.40. The lowest BCUT2D eigenvalue weighted by molar-refractivity contribution is -0.143. The van der Waals surface area contributed by atoms with Crippen LogP contribution in [0.1, 0.15) is 18.4 Å². The van der Waals surface area contributed by atoms with Gasteiger partial charge in [-0.1, -0.05) is 0 Å². The van der Waals surface area contributed by atoms with E-state index >= 15 is 0 Å². The third-order valence-electron chi connectivity index (χ3n) is 4.22. The molecule has 2 aromatic carbocycles. The molecule has 164 valence electrons. The monoisotopic (exact) mass is 862 g/mol. The van der Waals surface area contributed by atoms with Crippen molar-refractivity contribution < 1.29 is 19.4 Å². The van der Waals surface area contributed by atoms with Crippen LogP contribution >= 0.6 is 90.4 Å². The maximum atomic E-state index is 12.2. The van der Waals surface area contributed by atoms with Gasteiger partial charge in [-0.3, -0.25) is 4.79 Å². The van der Waals surface area contributed by atoms with E-state index in [9.17, 15) is 9.90 Å². The van der Waals surface area contributed by atoms with Gasteiger partial charge in [0, 0.05) is 0 Å². The summed E-state index contributed by atoms with van der Waals surface area (Å²) in [4.78, 5) is 12.2. The van der Waals surface area contributed by atoms with Crippen molar-refractivity contribution >= 4 is 96.3 Å². The predicted molar refractivity (Wildman–Crippen MR) is 151 cm³/mol. The van der Waals surface area contributed by atoms with Crippen molar-refractivity contribution in [2.24, 2.45) is 5.73 Å². The van der Waals surface area contributed by atoms with Crippen LogP contribution in [0, 0.1) is 14.3 Å². The van der Waals surface area contributed by atoms with Gasteiger partial charge in [0.15, 0.2) is 5.75 Å². The highest BCUT2D eigenvalue weighted by molar-refractivity contribution is 14.1. The zero-order valence-electron chi connectivity index (χ0n) is 16.2. The lowest BCUT2D eigenvalue weighted by Crippen LogP contribution is -2.40. The molecular weight excluding hydrogens is 840 g/mol. The van der Waals surface area contributed by atoms with Crippen molar-refractivity contribution in [2.75, 3.05) is 20.2 Å². The predicted octanol–water partition coefficient (Wildman–Crippen LogP) is 5.02. The Hall–Kier alpha value is 0.350. The number of carbonyl (C=O) groups excluding carboxylic acids is 1. The summed E-state index contributed by atoms with van der Waals surface area (Å²) in [6.45, 7) is 1.35. The molecule has 0 aliphatic heterocycles. The number of phenolic OH excluding ortho intramolecular Hbond substituents is 1. The number of benzene rings is 2. The molecule has 10 heteroatoms. The number of carbonyl (C=O) groups is 1. The quantitative estimate of drug-likeness (QED) is 0.177. The molecule has 0 saturated heterocycles. The molecule has 0 heterocycles. The first-order chi connectivity index (χ1) is 14.3. The minimum atomic E-state index is -0.411. The van der Waals surface area contributed by atoms with Crippen LogP contribution in [0.15, 0.2) is 24.3 Å². The molecule has 6 nitrogen and oxygen atoms in total. The van der Waals surface area contributed by atoms with Crippen molar-refractivity contribution in [1.82, 2.24) is 5.32 Å². The Morgan fingerprint density at radius 2 is 1.67 bits per heavy atom. The summed E-state index contributed by atoms with van der Waals surface area (Å²) in [5, 5.41) is 13.2. The first-order valence-corrected chi connectivity index (χ1v) is 13.4. The zero-order valence-corrected chi connectivity index (χ0v) is 24.8. The molecule has 0 unspecified atom stereocenters. The fraction of sp³-hybridized carbons (Fsp3) is 0.350. The minimum absolute atomic E-state index is 0.260. The Morgan fingerprint density at radius 1 is 1.07 bits per heavy atom. The molecule has 4 N–H and O–H groups in total. The summed E-state index contributed by atoms with van der Waals surface area (Å²) in [6.07, 6.45) is 2.35. The molecule has 0 aromatic heterocycles. The number of halogens is 4. The van der Waals surface area contributed by atoms with E-state index in [4.69, 9.17) is 15.2 Å². The van der Waals surface area contributed by atoms with Gasteiger partial charge in [-0.05, 0) is 153 Å². The molecule has 0 aliphatic rings. The van der Waals surface area contributed by atoms with Crippen LogP contribution in [0.4, 0.5) is 0 Å². The number of hydrogen-bond acceptors (Lipinski definition) is 6. The van der Waals surface area contributed by atoms with Crippen molar-refractivity contribution in [3.8, 4) is 17.2 Å². The van der Waals surface area contributed by atoms with E-state index in [1.807, 2.05) is 12.1 Å². The first-order valence-electron chi connectivity index (χ1n) is 9.11. The number of rotatable bonds is 10. The Labute approximate surface area is 231 Å². The Balaban J connectivity index is 2.18. The molecule has 30 heavy (non-hydrogen) atoms. The van der Waals surface area contributed by atoms with Crippen LogP contribution in [0.5, 0.6) is 17.2 Å². The second kappa shape index (κ2) is 13.2. The zero-order chi connectivity index (χ0) is 22.3. The van der Waals surface area contributed by atoms with E-state index < -0.39 is 6.04 Å². The van der Waals surface area contributed by atoms with Gasteiger partial charge in [0.25, 0.3) is 0 Å². The van der Waals surface area contributed by atoms with Crippen LogP contribution in [-0.4, -0.2) is 37.3 Å². The molecule has 0 amide bonds. The smallest absolute Gasteiger partial charge is 0.323 e. The molecule has 2 rings (SSSR count). The van der Waals surface area contributed by atoms with E-state index in [0.717, 1.165) is 38.4 Å². The summed E-state index contributed by atoms with van der Waals surface area (Å²) >= 11 is 8.65. The first kappa shape index (κ1) is 26.6. The van der Waals surface area contributed by atoms with Gasteiger partial charge in [-0.25, -0.2) is 0 Å². The van der Waals surface area contributed by atoms with Crippen LogP contribution in [0.25, 0.3) is 0 Å². The van der Waals surface area contributed by atoms with Crippen LogP contribution in [-0.2, 0) is 16.0 Å². The third kappa shape index (κ3) is 7.74.